The Hall–Kier alpha value is -2.16. The van der Waals surface area contributed by atoms with E-state index in [0.29, 0.717) is 13.0 Å². The largest absolute Gasteiger partial charge is 0.476 e. The van der Waals surface area contributed by atoms with Crippen molar-refractivity contribution in [2.24, 2.45) is 0 Å². The zero-order valence-corrected chi connectivity index (χ0v) is 12.0. The molecule has 2 heterocycles. The van der Waals surface area contributed by atoms with Crippen LogP contribution in [0.2, 0.25) is 0 Å². The van der Waals surface area contributed by atoms with E-state index >= 15 is 0 Å². The van der Waals surface area contributed by atoms with E-state index in [1.54, 1.807) is 0 Å². The maximum atomic E-state index is 12.1. The van der Waals surface area contributed by atoms with Gasteiger partial charge < -0.3 is 15.3 Å². The summed E-state index contributed by atoms with van der Waals surface area (Å²) in [6, 6.07) is 2.42. The number of urea groups is 1. The Bertz CT molecular complexity index is 659. The van der Waals surface area contributed by atoms with E-state index in [1.165, 1.54) is 23.2 Å². The molecule has 1 aliphatic rings. The van der Waals surface area contributed by atoms with Gasteiger partial charge in [-0.15, -0.1) is 0 Å². The molecule has 2 N–H and O–H groups in total. The molecule has 2 amide bonds. The zero-order chi connectivity index (χ0) is 15.5. The number of nitrogens with zero attached hydrogens (tertiary/aromatic N) is 2. The first-order chi connectivity index (χ1) is 9.89. The maximum absolute atomic E-state index is 12.1. The number of sulfone groups is 1. The van der Waals surface area contributed by atoms with Crippen molar-refractivity contribution in [2.45, 2.75) is 6.42 Å². The van der Waals surface area contributed by atoms with Gasteiger partial charge in [0.05, 0.1) is 17.2 Å². The lowest BCUT2D eigenvalue weighted by Gasteiger charge is -2.20. The van der Waals surface area contributed by atoms with Gasteiger partial charge in [-0.05, 0) is 18.6 Å². The number of pyridine rings is 1. The maximum Gasteiger partial charge on any atom is 0.356 e. The van der Waals surface area contributed by atoms with Crippen LogP contribution in [0.1, 0.15) is 16.9 Å². The van der Waals surface area contributed by atoms with Crippen LogP contribution in [0.5, 0.6) is 0 Å². The summed E-state index contributed by atoms with van der Waals surface area (Å²) in [6.45, 7) is 0.407. The van der Waals surface area contributed by atoms with Crippen LogP contribution >= 0.6 is 0 Å². The average molecular weight is 313 g/mol. The summed E-state index contributed by atoms with van der Waals surface area (Å²) in [5.74, 6) is -1.27. The Morgan fingerprint density at radius 1 is 1.29 bits per heavy atom. The minimum Gasteiger partial charge on any atom is -0.476 e. The summed E-state index contributed by atoms with van der Waals surface area (Å²) in [5, 5.41) is 11.5. The van der Waals surface area contributed by atoms with Crippen molar-refractivity contribution in [2.75, 3.05) is 29.9 Å². The second kappa shape index (κ2) is 6.08. The number of anilines is 1. The van der Waals surface area contributed by atoms with Gasteiger partial charge in [0.25, 0.3) is 0 Å². The van der Waals surface area contributed by atoms with Gasteiger partial charge in [0.1, 0.15) is 0 Å². The van der Waals surface area contributed by atoms with Crippen molar-refractivity contribution >= 4 is 27.5 Å². The predicted octanol–water partition coefficient (Wildman–Crippen LogP) is 0.432. The fourth-order valence-electron chi connectivity index (χ4n) is 2.01. The number of carbonyl (C=O) groups excluding carboxylic acids is 1. The Morgan fingerprint density at radius 2 is 2.05 bits per heavy atom. The topological polar surface area (TPSA) is 117 Å². The molecule has 0 spiro atoms. The lowest BCUT2D eigenvalue weighted by atomic mass is 10.3. The highest BCUT2D eigenvalue weighted by Gasteiger charge is 2.23. The van der Waals surface area contributed by atoms with E-state index in [9.17, 15) is 18.0 Å². The molecule has 1 aromatic heterocycles. The van der Waals surface area contributed by atoms with Gasteiger partial charge in [-0.25, -0.2) is 23.0 Å². The summed E-state index contributed by atoms with van der Waals surface area (Å²) in [4.78, 5) is 28.2. The smallest absolute Gasteiger partial charge is 0.356 e. The number of carbonyl (C=O) groups is 2. The Morgan fingerprint density at radius 3 is 2.76 bits per heavy atom. The van der Waals surface area contributed by atoms with Crippen LogP contribution in [0.15, 0.2) is 18.3 Å². The number of aromatic carboxylic acids is 1. The van der Waals surface area contributed by atoms with Crippen molar-refractivity contribution in [3.63, 3.8) is 0 Å². The number of hydrogen-bond acceptors (Lipinski definition) is 5. The molecule has 0 aromatic carbocycles. The molecule has 0 atom stereocenters. The highest BCUT2D eigenvalue weighted by atomic mass is 32.2. The Kier molecular flexibility index (Phi) is 4.41. The molecule has 0 saturated carbocycles. The van der Waals surface area contributed by atoms with E-state index < -0.39 is 21.8 Å². The van der Waals surface area contributed by atoms with E-state index in [1.807, 2.05) is 0 Å². The molecular formula is C12H15N3O5S. The molecule has 2 rings (SSSR count). The molecule has 1 fully saturated rings. The lowest BCUT2D eigenvalue weighted by molar-refractivity contribution is 0.0691. The first-order valence-corrected chi connectivity index (χ1v) is 8.16. The second-order valence-corrected chi connectivity index (χ2v) is 6.93. The van der Waals surface area contributed by atoms with Crippen molar-refractivity contribution in [1.29, 1.82) is 0 Å². The number of hydrogen-bond donors (Lipinski definition) is 2. The van der Waals surface area contributed by atoms with Gasteiger partial charge in [-0.3, -0.25) is 0 Å². The lowest BCUT2D eigenvalue weighted by Crippen LogP contribution is -2.37. The number of nitrogens with one attached hydrogen (secondary N) is 1. The molecular weight excluding hydrogens is 298 g/mol. The van der Waals surface area contributed by atoms with E-state index in [4.69, 9.17) is 5.11 Å². The predicted molar refractivity (Wildman–Crippen MR) is 75.1 cm³/mol. The quantitative estimate of drug-likeness (QED) is 0.818. The third-order valence-corrected chi connectivity index (χ3v) is 4.81. The van der Waals surface area contributed by atoms with Crippen molar-refractivity contribution in [3.05, 3.63) is 24.0 Å². The first-order valence-electron chi connectivity index (χ1n) is 6.34. The van der Waals surface area contributed by atoms with Crippen molar-refractivity contribution < 1.29 is 23.1 Å². The summed E-state index contributed by atoms with van der Waals surface area (Å²) in [7, 11) is -3.11. The Balaban J connectivity index is 2.10. The standard InChI is InChI=1S/C12H15N3O5S/c16-11(17)10-9(3-1-4-13-10)14-12(18)15-5-2-7-21(19,20)8-6-15/h1,3-4H,2,5-8H2,(H,14,18)(H,16,17). The molecule has 1 saturated heterocycles. The number of carboxylic acids is 1. The first kappa shape index (κ1) is 15.2. The van der Waals surface area contributed by atoms with Gasteiger partial charge >= 0.3 is 12.0 Å². The molecule has 1 aliphatic heterocycles. The summed E-state index contributed by atoms with van der Waals surface area (Å²) < 4.78 is 23.0. The van der Waals surface area contributed by atoms with Crippen molar-refractivity contribution in [1.82, 2.24) is 9.88 Å². The van der Waals surface area contributed by atoms with Crippen LogP contribution < -0.4 is 5.32 Å². The molecule has 0 unspecified atom stereocenters. The van der Waals surface area contributed by atoms with Crippen LogP contribution in [0.3, 0.4) is 0 Å². The summed E-state index contributed by atoms with van der Waals surface area (Å²) in [6.07, 6.45) is 1.69. The molecule has 9 heteroatoms. The van der Waals surface area contributed by atoms with Crippen LogP contribution in [0.4, 0.5) is 10.5 Å². The zero-order valence-electron chi connectivity index (χ0n) is 11.2. The van der Waals surface area contributed by atoms with Crippen LogP contribution in [0.25, 0.3) is 0 Å². The number of carboxylic acid groups (broad SMARTS) is 1. The van der Waals surface area contributed by atoms with Gasteiger partial charge in [0.2, 0.25) is 0 Å². The molecule has 1 aromatic rings. The molecule has 0 aliphatic carbocycles. The third kappa shape index (κ3) is 3.91. The van der Waals surface area contributed by atoms with Gasteiger partial charge in [-0.1, -0.05) is 0 Å². The van der Waals surface area contributed by atoms with Crippen LogP contribution in [0, 0.1) is 0 Å². The normalized spacial score (nSPS) is 17.8. The third-order valence-electron chi connectivity index (χ3n) is 3.09. The summed E-state index contributed by atoms with van der Waals surface area (Å²) >= 11 is 0. The van der Waals surface area contributed by atoms with Crippen molar-refractivity contribution in [3.8, 4) is 0 Å². The molecule has 21 heavy (non-hydrogen) atoms. The van der Waals surface area contributed by atoms with E-state index in [-0.39, 0.29) is 29.4 Å². The summed E-state index contributed by atoms with van der Waals surface area (Å²) in [5.41, 5.74) is -0.171. The Labute approximate surface area is 121 Å². The molecule has 0 radical (unpaired) electrons. The number of amides is 2. The molecule has 0 bridgehead atoms. The molecule has 114 valence electrons. The minimum absolute atomic E-state index is 0.0596. The average Bonchev–Trinajstić information content (AvgIpc) is 2.60. The van der Waals surface area contributed by atoms with E-state index in [2.05, 4.69) is 10.3 Å². The van der Waals surface area contributed by atoms with Crippen LogP contribution in [-0.4, -0.2) is 60.0 Å². The van der Waals surface area contributed by atoms with Gasteiger partial charge in [-0.2, -0.15) is 0 Å². The van der Waals surface area contributed by atoms with Crippen LogP contribution in [-0.2, 0) is 9.84 Å². The number of aromatic nitrogens is 1. The molecule has 8 nitrogen and oxygen atoms in total. The van der Waals surface area contributed by atoms with Gasteiger partial charge in [0.15, 0.2) is 15.5 Å². The highest BCUT2D eigenvalue weighted by molar-refractivity contribution is 7.91. The van der Waals surface area contributed by atoms with Gasteiger partial charge in [0, 0.05) is 19.3 Å². The number of rotatable bonds is 2. The van der Waals surface area contributed by atoms with E-state index in [0.717, 1.165) is 0 Å². The second-order valence-electron chi connectivity index (χ2n) is 4.63. The minimum atomic E-state index is -3.11. The highest BCUT2D eigenvalue weighted by Crippen LogP contribution is 2.14. The SMILES string of the molecule is O=C(O)c1ncccc1NC(=O)N1CCCS(=O)(=O)CC1. The fourth-order valence-corrected chi connectivity index (χ4v) is 3.28. The fraction of sp³-hybridized carbons (Fsp3) is 0.417. The monoisotopic (exact) mass is 313 g/mol.